The van der Waals surface area contributed by atoms with E-state index in [1.807, 2.05) is 42.5 Å². The highest BCUT2D eigenvalue weighted by atomic mass is 16.5. The Morgan fingerprint density at radius 1 is 1.00 bits per heavy atom. The van der Waals surface area contributed by atoms with Crippen LogP contribution in [0.25, 0.3) is 0 Å². The molecule has 4 nitrogen and oxygen atoms in total. The lowest BCUT2D eigenvalue weighted by Crippen LogP contribution is -2.33. The van der Waals surface area contributed by atoms with Crippen LogP contribution in [0, 0.1) is 5.92 Å². The highest BCUT2D eigenvalue weighted by Gasteiger charge is 2.36. The van der Waals surface area contributed by atoms with E-state index in [4.69, 9.17) is 9.84 Å². The Labute approximate surface area is 160 Å². The molecule has 2 aromatic rings. The maximum atomic E-state index is 13.3. The Balaban J connectivity index is 1.64. The molecule has 1 saturated carbocycles. The largest absolute Gasteiger partial charge is 0.497 e. The number of hydrogen-bond donors (Lipinski definition) is 0. The van der Waals surface area contributed by atoms with Crippen LogP contribution in [0.5, 0.6) is 5.75 Å². The second-order valence-electron chi connectivity index (χ2n) is 7.42. The average Bonchev–Trinajstić information content (AvgIpc) is 3.20. The Kier molecular flexibility index (Phi) is 5.23. The monoisotopic (exact) mass is 362 g/mol. The van der Waals surface area contributed by atoms with Crippen molar-refractivity contribution in [1.29, 1.82) is 0 Å². The van der Waals surface area contributed by atoms with E-state index in [9.17, 15) is 4.79 Å². The molecular weight excluding hydrogens is 336 g/mol. The summed E-state index contributed by atoms with van der Waals surface area (Å²) >= 11 is 0. The summed E-state index contributed by atoms with van der Waals surface area (Å²) in [5.74, 6) is 1.13. The molecule has 2 aromatic carbocycles. The number of benzene rings is 2. The van der Waals surface area contributed by atoms with E-state index in [0.29, 0.717) is 0 Å². The van der Waals surface area contributed by atoms with E-state index in [1.54, 1.807) is 12.1 Å². The number of methoxy groups -OCH3 is 1. The maximum absolute atomic E-state index is 13.3. The SMILES string of the molecule is COc1ccc(C2=NN(C(=O)C3CCCCC3)[C@@H](c3ccccc3)C2)cc1. The molecule has 4 rings (SSSR count). The third kappa shape index (κ3) is 3.75. The number of hydrazone groups is 1. The molecule has 1 amide bonds. The molecule has 0 radical (unpaired) electrons. The fraction of sp³-hybridized carbons (Fsp3) is 0.391. The number of amides is 1. The van der Waals surface area contributed by atoms with Crippen LogP contribution >= 0.6 is 0 Å². The average molecular weight is 362 g/mol. The zero-order chi connectivity index (χ0) is 18.6. The normalized spacial score (nSPS) is 20.4. The predicted molar refractivity (Wildman–Crippen MR) is 107 cm³/mol. The number of ether oxygens (including phenoxy) is 1. The number of carbonyl (C=O) groups is 1. The minimum Gasteiger partial charge on any atom is -0.497 e. The molecule has 1 fully saturated rings. The van der Waals surface area contributed by atoms with Crippen molar-refractivity contribution < 1.29 is 9.53 Å². The van der Waals surface area contributed by atoms with Gasteiger partial charge in [0, 0.05) is 12.3 Å². The molecule has 0 N–H and O–H groups in total. The zero-order valence-corrected chi connectivity index (χ0v) is 15.8. The van der Waals surface area contributed by atoms with Gasteiger partial charge in [-0.05, 0) is 48.2 Å². The van der Waals surface area contributed by atoms with Gasteiger partial charge in [-0.25, -0.2) is 5.01 Å². The molecule has 0 aromatic heterocycles. The van der Waals surface area contributed by atoms with Crippen LogP contribution in [-0.4, -0.2) is 23.7 Å². The lowest BCUT2D eigenvalue weighted by molar-refractivity contribution is -0.138. The summed E-state index contributed by atoms with van der Waals surface area (Å²) in [6, 6.07) is 18.2. The van der Waals surface area contributed by atoms with E-state index in [0.717, 1.165) is 54.7 Å². The van der Waals surface area contributed by atoms with Crippen molar-refractivity contribution in [3.05, 3.63) is 65.7 Å². The molecular formula is C23H26N2O2. The van der Waals surface area contributed by atoms with Crippen molar-refractivity contribution in [2.45, 2.75) is 44.6 Å². The third-order valence-corrected chi connectivity index (χ3v) is 5.70. The van der Waals surface area contributed by atoms with E-state index in [2.05, 4.69) is 12.1 Å². The maximum Gasteiger partial charge on any atom is 0.246 e. The van der Waals surface area contributed by atoms with Crippen LogP contribution in [0.1, 0.15) is 55.7 Å². The first-order valence-corrected chi connectivity index (χ1v) is 9.86. The van der Waals surface area contributed by atoms with Gasteiger partial charge < -0.3 is 4.74 Å². The number of nitrogens with zero attached hydrogens (tertiary/aromatic N) is 2. The molecule has 4 heteroatoms. The first kappa shape index (κ1) is 17.8. The number of carbonyl (C=O) groups excluding carboxylic acids is 1. The summed E-state index contributed by atoms with van der Waals surface area (Å²) in [6.07, 6.45) is 6.26. The van der Waals surface area contributed by atoms with E-state index in [-0.39, 0.29) is 17.9 Å². The lowest BCUT2D eigenvalue weighted by atomic mass is 9.88. The molecule has 0 unspecified atom stereocenters. The highest BCUT2D eigenvalue weighted by molar-refractivity contribution is 6.03. The molecule has 1 atom stereocenters. The summed E-state index contributed by atoms with van der Waals surface area (Å²) in [5, 5.41) is 6.58. The molecule has 0 bridgehead atoms. The van der Waals surface area contributed by atoms with Crippen molar-refractivity contribution in [1.82, 2.24) is 5.01 Å². The lowest BCUT2D eigenvalue weighted by Gasteiger charge is -2.28. The topological polar surface area (TPSA) is 41.9 Å². The van der Waals surface area contributed by atoms with Gasteiger partial charge in [-0.2, -0.15) is 5.10 Å². The van der Waals surface area contributed by atoms with E-state index in [1.165, 1.54) is 6.42 Å². The Morgan fingerprint density at radius 2 is 1.70 bits per heavy atom. The minimum atomic E-state index is -0.0160. The number of hydrogen-bond acceptors (Lipinski definition) is 3. The summed E-state index contributed by atoms with van der Waals surface area (Å²) in [6.45, 7) is 0. The van der Waals surface area contributed by atoms with Crippen LogP contribution in [0.4, 0.5) is 0 Å². The predicted octanol–water partition coefficient (Wildman–Crippen LogP) is 4.95. The summed E-state index contributed by atoms with van der Waals surface area (Å²) < 4.78 is 5.26. The molecule has 0 saturated heterocycles. The summed E-state index contributed by atoms with van der Waals surface area (Å²) in [7, 11) is 1.66. The molecule has 1 aliphatic heterocycles. The van der Waals surface area contributed by atoms with Crippen molar-refractivity contribution in [3.63, 3.8) is 0 Å². The number of rotatable bonds is 4. The van der Waals surface area contributed by atoms with Crippen molar-refractivity contribution >= 4 is 11.6 Å². The van der Waals surface area contributed by atoms with Gasteiger partial charge in [0.1, 0.15) is 5.75 Å². The molecule has 27 heavy (non-hydrogen) atoms. The van der Waals surface area contributed by atoms with Crippen molar-refractivity contribution in [2.24, 2.45) is 11.0 Å². The quantitative estimate of drug-likeness (QED) is 0.772. The first-order chi connectivity index (χ1) is 13.3. The Morgan fingerprint density at radius 3 is 2.37 bits per heavy atom. The van der Waals surface area contributed by atoms with Gasteiger partial charge in [-0.1, -0.05) is 49.6 Å². The first-order valence-electron chi connectivity index (χ1n) is 9.86. The van der Waals surface area contributed by atoms with Gasteiger partial charge in [-0.15, -0.1) is 0 Å². The van der Waals surface area contributed by atoms with Gasteiger partial charge >= 0.3 is 0 Å². The minimum absolute atomic E-state index is 0.0160. The smallest absolute Gasteiger partial charge is 0.246 e. The molecule has 0 spiro atoms. The molecule has 1 heterocycles. The highest BCUT2D eigenvalue weighted by Crippen LogP contribution is 2.36. The Hall–Kier alpha value is -2.62. The van der Waals surface area contributed by atoms with Gasteiger partial charge in [0.25, 0.3) is 0 Å². The molecule has 1 aliphatic carbocycles. The summed E-state index contributed by atoms with van der Waals surface area (Å²) in [4.78, 5) is 13.3. The van der Waals surface area contributed by atoms with Crippen LogP contribution < -0.4 is 4.74 Å². The summed E-state index contributed by atoms with van der Waals surface area (Å²) in [5.41, 5.74) is 3.17. The van der Waals surface area contributed by atoms with Crippen molar-refractivity contribution in [3.8, 4) is 5.75 Å². The Bertz CT molecular complexity index is 808. The fourth-order valence-corrected chi connectivity index (χ4v) is 4.14. The van der Waals surface area contributed by atoms with Crippen molar-refractivity contribution in [2.75, 3.05) is 7.11 Å². The second-order valence-corrected chi connectivity index (χ2v) is 7.42. The van der Waals surface area contributed by atoms with Crippen LogP contribution in [0.15, 0.2) is 59.7 Å². The second kappa shape index (κ2) is 7.95. The van der Waals surface area contributed by atoms with Gasteiger partial charge in [0.05, 0.1) is 18.9 Å². The van der Waals surface area contributed by atoms with Gasteiger partial charge in [0.15, 0.2) is 0 Å². The van der Waals surface area contributed by atoms with Crippen LogP contribution in [0.3, 0.4) is 0 Å². The van der Waals surface area contributed by atoms with Gasteiger partial charge in [0.2, 0.25) is 5.91 Å². The van der Waals surface area contributed by atoms with Gasteiger partial charge in [-0.3, -0.25) is 4.79 Å². The fourth-order valence-electron chi connectivity index (χ4n) is 4.14. The zero-order valence-electron chi connectivity index (χ0n) is 15.8. The van der Waals surface area contributed by atoms with Crippen LogP contribution in [0.2, 0.25) is 0 Å². The molecule has 140 valence electrons. The molecule has 2 aliphatic rings. The van der Waals surface area contributed by atoms with E-state index >= 15 is 0 Å². The third-order valence-electron chi connectivity index (χ3n) is 5.70. The van der Waals surface area contributed by atoms with E-state index < -0.39 is 0 Å². The van der Waals surface area contributed by atoms with Crippen LogP contribution in [-0.2, 0) is 4.79 Å². The standard InChI is InChI=1S/C23H26N2O2/c1-27-20-14-12-17(13-15-20)21-16-22(18-8-4-2-5-9-18)25(24-21)23(26)19-10-6-3-7-11-19/h2,4-5,8-9,12-15,19,22H,3,6-7,10-11,16H2,1H3/t22-/m1/s1.